The summed E-state index contributed by atoms with van der Waals surface area (Å²) in [7, 11) is 0. The average Bonchev–Trinajstić information content (AvgIpc) is 2.94. The van der Waals surface area contributed by atoms with Gasteiger partial charge in [-0.25, -0.2) is 4.99 Å². The first-order valence-electron chi connectivity index (χ1n) is 7.22. The van der Waals surface area contributed by atoms with Crippen LogP contribution in [-0.4, -0.2) is 24.6 Å². The second-order valence-corrected chi connectivity index (χ2v) is 5.42. The predicted octanol–water partition coefficient (Wildman–Crippen LogP) is 2.78. The maximum atomic E-state index is 12.2. The second-order valence-electron chi connectivity index (χ2n) is 5.42. The number of nitrogens with two attached hydrogens (primary N) is 1. The van der Waals surface area contributed by atoms with E-state index in [1.54, 1.807) is 12.1 Å². The number of amides is 1. The molecule has 2 N–H and O–H groups in total. The molecule has 7 heteroatoms. The van der Waals surface area contributed by atoms with Crippen molar-refractivity contribution in [3.63, 3.8) is 0 Å². The van der Waals surface area contributed by atoms with E-state index in [1.165, 1.54) is 18.3 Å². The number of halogens is 2. The quantitative estimate of drug-likeness (QED) is 0.927. The van der Waals surface area contributed by atoms with E-state index in [9.17, 15) is 13.6 Å². The highest BCUT2D eigenvalue weighted by molar-refractivity contribution is 6.36. The number of benzene rings is 1. The number of carbonyl (C=O) groups excluding carboxylic acids is 1. The Balaban J connectivity index is 1.76. The Morgan fingerprint density at radius 3 is 2.61 bits per heavy atom. The molecule has 1 unspecified atom stereocenters. The van der Waals surface area contributed by atoms with Crippen LogP contribution < -0.4 is 10.5 Å². The monoisotopic (exact) mass is 319 g/mol. The number of aliphatic imine (C=N–C) groups is 2. The lowest BCUT2D eigenvalue weighted by Gasteiger charge is -2.25. The summed E-state index contributed by atoms with van der Waals surface area (Å²) in [4.78, 5) is 19.1. The van der Waals surface area contributed by atoms with Gasteiger partial charge in [0, 0.05) is 11.3 Å². The van der Waals surface area contributed by atoms with Crippen LogP contribution in [0.3, 0.4) is 0 Å². The maximum absolute atomic E-state index is 12.2. The molecule has 0 bridgehead atoms. The molecule has 0 saturated heterocycles. The first kappa shape index (κ1) is 15.3. The average molecular weight is 319 g/mol. The summed E-state index contributed by atoms with van der Waals surface area (Å²) < 4.78 is 28.7. The van der Waals surface area contributed by atoms with E-state index in [4.69, 9.17) is 5.73 Å². The van der Waals surface area contributed by atoms with Crippen molar-refractivity contribution in [2.75, 3.05) is 0 Å². The van der Waals surface area contributed by atoms with Gasteiger partial charge in [-0.1, -0.05) is 12.1 Å². The third-order valence-corrected chi connectivity index (χ3v) is 3.96. The highest BCUT2D eigenvalue weighted by Crippen LogP contribution is 2.36. The van der Waals surface area contributed by atoms with E-state index >= 15 is 0 Å². The van der Waals surface area contributed by atoms with E-state index in [0.29, 0.717) is 24.4 Å². The summed E-state index contributed by atoms with van der Waals surface area (Å²) in [5.41, 5.74) is 8.53. The molecule has 1 aromatic rings. The number of allylic oxidation sites excluding steroid dienone is 1. The molecule has 3 rings (SSSR count). The third kappa shape index (κ3) is 3.44. The van der Waals surface area contributed by atoms with Crippen molar-refractivity contribution in [2.24, 2.45) is 15.7 Å². The molecule has 1 aliphatic heterocycles. The molecule has 2 aliphatic rings. The number of ether oxygens (including phenoxy) is 1. The van der Waals surface area contributed by atoms with Crippen LogP contribution in [0.2, 0.25) is 0 Å². The fraction of sp³-hybridized carbons (Fsp3) is 0.312. The molecule has 120 valence electrons. The molecule has 1 amide bonds. The SMILES string of the molecule is NC1=C(C2=NC(=O)C=N2)CC(c2ccc(OC(F)F)cc2)CC1. The van der Waals surface area contributed by atoms with Crippen molar-refractivity contribution in [3.8, 4) is 5.75 Å². The van der Waals surface area contributed by atoms with Crippen LogP contribution in [0.5, 0.6) is 5.75 Å². The molecule has 0 spiro atoms. The first-order valence-corrected chi connectivity index (χ1v) is 7.22. The van der Waals surface area contributed by atoms with Crippen molar-refractivity contribution in [1.82, 2.24) is 0 Å². The lowest BCUT2D eigenvalue weighted by atomic mass is 9.82. The van der Waals surface area contributed by atoms with Crippen molar-refractivity contribution >= 4 is 18.0 Å². The Morgan fingerprint density at radius 1 is 1.26 bits per heavy atom. The zero-order valence-electron chi connectivity index (χ0n) is 12.2. The fourth-order valence-corrected chi connectivity index (χ4v) is 2.82. The lowest BCUT2D eigenvalue weighted by molar-refractivity contribution is -0.111. The normalized spacial score (nSPS) is 21.1. The predicted molar refractivity (Wildman–Crippen MR) is 81.8 cm³/mol. The van der Waals surface area contributed by atoms with Gasteiger partial charge >= 0.3 is 6.61 Å². The fourth-order valence-electron chi connectivity index (χ4n) is 2.82. The summed E-state index contributed by atoms with van der Waals surface area (Å²) >= 11 is 0. The van der Waals surface area contributed by atoms with Gasteiger partial charge in [-0.2, -0.15) is 13.8 Å². The smallest absolute Gasteiger partial charge is 0.387 e. The van der Waals surface area contributed by atoms with Crippen LogP contribution >= 0.6 is 0 Å². The van der Waals surface area contributed by atoms with E-state index in [-0.39, 0.29) is 17.6 Å². The maximum Gasteiger partial charge on any atom is 0.387 e. The Labute approximate surface area is 131 Å². The zero-order chi connectivity index (χ0) is 16.4. The van der Waals surface area contributed by atoms with Gasteiger partial charge in [0.25, 0.3) is 5.91 Å². The molecule has 1 aromatic carbocycles. The van der Waals surface area contributed by atoms with Gasteiger partial charge in [-0.3, -0.25) is 4.79 Å². The second kappa shape index (κ2) is 6.28. The molecule has 1 atom stereocenters. The molecule has 0 aromatic heterocycles. The van der Waals surface area contributed by atoms with E-state index in [1.807, 2.05) is 0 Å². The summed E-state index contributed by atoms with van der Waals surface area (Å²) in [6, 6.07) is 6.59. The number of alkyl halides is 2. The van der Waals surface area contributed by atoms with E-state index in [2.05, 4.69) is 14.7 Å². The van der Waals surface area contributed by atoms with Crippen LogP contribution in [0.4, 0.5) is 8.78 Å². The Hall–Kier alpha value is -2.57. The van der Waals surface area contributed by atoms with Crippen molar-refractivity contribution in [1.29, 1.82) is 0 Å². The number of rotatable bonds is 4. The van der Waals surface area contributed by atoms with E-state index < -0.39 is 6.61 Å². The summed E-state index contributed by atoms with van der Waals surface area (Å²) in [5, 5.41) is 0. The molecule has 1 heterocycles. The molecule has 0 saturated carbocycles. The van der Waals surface area contributed by atoms with Crippen molar-refractivity contribution < 1.29 is 18.3 Å². The highest BCUT2D eigenvalue weighted by atomic mass is 19.3. The van der Waals surface area contributed by atoms with Gasteiger partial charge in [0.2, 0.25) is 0 Å². The summed E-state index contributed by atoms with van der Waals surface area (Å²) in [6.45, 7) is -2.83. The number of nitrogens with zero attached hydrogens (tertiary/aromatic N) is 2. The van der Waals surface area contributed by atoms with E-state index in [0.717, 1.165) is 17.6 Å². The number of amidine groups is 1. The van der Waals surface area contributed by atoms with Crippen LogP contribution in [0, 0.1) is 0 Å². The Kier molecular flexibility index (Phi) is 4.18. The van der Waals surface area contributed by atoms with Gasteiger partial charge in [0.05, 0.1) is 6.21 Å². The Morgan fingerprint density at radius 2 is 2.00 bits per heavy atom. The van der Waals surface area contributed by atoms with Crippen molar-refractivity contribution in [2.45, 2.75) is 31.8 Å². The van der Waals surface area contributed by atoms with Gasteiger partial charge in [-0.15, -0.1) is 0 Å². The Bertz CT molecular complexity index is 709. The molecule has 5 nitrogen and oxygen atoms in total. The van der Waals surface area contributed by atoms with Crippen LogP contribution in [-0.2, 0) is 4.79 Å². The number of hydrogen-bond acceptors (Lipinski definition) is 4. The van der Waals surface area contributed by atoms with Gasteiger partial charge in [0.1, 0.15) is 5.75 Å². The van der Waals surface area contributed by atoms with Crippen LogP contribution in [0.1, 0.15) is 30.7 Å². The summed E-state index contributed by atoms with van der Waals surface area (Å²) in [5.74, 6) is 0.308. The first-order chi connectivity index (χ1) is 11.0. The van der Waals surface area contributed by atoms with Crippen molar-refractivity contribution in [3.05, 3.63) is 41.1 Å². The standard InChI is InChI=1S/C16H15F2N3O2/c17-16(18)23-11-4-1-9(2-5-11)10-3-6-13(19)12(7-10)15-20-8-14(22)21-15/h1-2,4-5,8,10,16H,3,6-7,19H2. The molecule has 0 radical (unpaired) electrons. The molecule has 0 fully saturated rings. The third-order valence-electron chi connectivity index (χ3n) is 3.96. The van der Waals surface area contributed by atoms with Crippen LogP contribution in [0.15, 0.2) is 45.5 Å². The van der Waals surface area contributed by atoms with Gasteiger partial charge in [0.15, 0.2) is 5.84 Å². The van der Waals surface area contributed by atoms with Crippen LogP contribution in [0.25, 0.3) is 0 Å². The minimum Gasteiger partial charge on any atom is -0.435 e. The molecular weight excluding hydrogens is 304 g/mol. The minimum absolute atomic E-state index is 0.130. The highest BCUT2D eigenvalue weighted by Gasteiger charge is 2.26. The largest absolute Gasteiger partial charge is 0.435 e. The minimum atomic E-state index is -2.83. The molecular formula is C16H15F2N3O2. The number of carbonyl (C=O) groups is 1. The summed E-state index contributed by atoms with van der Waals surface area (Å²) in [6.07, 6.45) is 3.31. The zero-order valence-corrected chi connectivity index (χ0v) is 12.2. The van der Waals surface area contributed by atoms with Gasteiger partial charge in [-0.05, 0) is 42.9 Å². The topological polar surface area (TPSA) is 77.0 Å². The lowest BCUT2D eigenvalue weighted by Crippen LogP contribution is -2.18. The molecule has 1 aliphatic carbocycles. The van der Waals surface area contributed by atoms with Gasteiger partial charge < -0.3 is 10.5 Å². The number of hydrogen-bond donors (Lipinski definition) is 1. The molecule has 23 heavy (non-hydrogen) atoms.